The maximum atomic E-state index is 12.4. The van der Waals surface area contributed by atoms with Gasteiger partial charge in [0, 0.05) is 0 Å². The van der Waals surface area contributed by atoms with Crippen molar-refractivity contribution in [3.05, 3.63) is 35.6 Å². The van der Waals surface area contributed by atoms with E-state index in [1.165, 1.54) is 12.1 Å². The average molecular weight is 147 g/mol. The molecule has 2 heteroatoms. The molecule has 1 radical (unpaired) electrons. The van der Waals surface area contributed by atoms with Crippen molar-refractivity contribution < 1.29 is 4.39 Å². The van der Waals surface area contributed by atoms with Gasteiger partial charge in [-0.2, -0.15) is 0 Å². The predicted molar refractivity (Wildman–Crippen MR) is 46.6 cm³/mol. The summed E-state index contributed by atoms with van der Waals surface area (Å²) in [7, 11) is 5.32. The standard InChI is InChI=1S/C9H9BF/c1-7(6-10)8-2-4-9(11)5-3-8/h2-7H,1H3. The Bertz CT molecular complexity index is 240. The third kappa shape index (κ3) is 2.00. The van der Waals surface area contributed by atoms with Gasteiger partial charge in [-0.05, 0) is 0 Å². The van der Waals surface area contributed by atoms with Gasteiger partial charge in [0.15, 0.2) is 0 Å². The summed E-state index contributed by atoms with van der Waals surface area (Å²) in [6.07, 6.45) is 0. The molecule has 0 nitrogen and oxygen atoms in total. The maximum absolute atomic E-state index is 12.4. The van der Waals surface area contributed by atoms with E-state index >= 15 is 0 Å². The van der Waals surface area contributed by atoms with Crippen LogP contribution in [0.1, 0.15) is 18.4 Å². The summed E-state index contributed by atoms with van der Waals surface area (Å²) >= 11 is 0. The first-order valence-corrected chi connectivity index (χ1v) is 3.54. The van der Waals surface area contributed by atoms with Crippen molar-refractivity contribution >= 4 is 13.5 Å². The van der Waals surface area contributed by atoms with E-state index in [0.717, 1.165) is 5.56 Å². The van der Waals surface area contributed by atoms with Crippen LogP contribution < -0.4 is 0 Å². The fraction of sp³-hybridized carbons (Fsp3) is 0.222. The van der Waals surface area contributed by atoms with Gasteiger partial charge in [-0.15, -0.1) is 0 Å². The summed E-state index contributed by atoms with van der Waals surface area (Å²) < 4.78 is 12.4. The molecule has 0 aliphatic carbocycles. The Morgan fingerprint density at radius 3 is 2.36 bits per heavy atom. The Hall–Kier alpha value is -0.915. The molecular formula is C9H9BF. The molecule has 55 valence electrons. The third-order valence-electron chi connectivity index (χ3n) is 1.68. The van der Waals surface area contributed by atoms with Crippen molar-refractivity contribution in [1.82, 2.24) is 0 Å². The van der Waals surface area contributed by atoms with Gasteiger partial charge in [0.1, 0.15) is 0 Å². The molecule has 0 saturated carbocycles. The molecule has 0 aliphatic rings. The Balaban J connectivity index is 2.89. The minimum atomic E-state index is -0.210. The van der Waals surface area contributed by atoms with E-state index in [4.69, 9.17) is 7.49 Å². The molecule has 11 heavy (non-hydrogen) atoms. The third-order valence-corrected chi connectivity index (χ3v) is 1.68. The molecule has 1 unspecified atom stereocenters. The SMILES string of the molecule is [B]=CC(C)c1ccc(F)cc1. The molecule has 0 heterocycles. The molecule has 0 N–H and O–H groups in total. The predicted octanol–water partition coefficient (Wildman–Crippen LogP) is 1.90. The first-order chi connectivity index (χ1) is 5.24. The zero-order valence-electron chi connectivity index (χ0n) is 6.42. The summed E-state index contributed by atoms with van der Waals surface area (Å²) in [5.74, 6) is 1.57. The summed E-state index contributed by atoms with van der Waals surface area (Å²) in [4.78, 5) is 0. The number of benzene rings is 1. The van der Waals surface area contributed by atoms with E-state index in [1.54, 1.807) is 18.1 Å². The Kier molecular flexibility index (Phi) is 2.58. The fourth-order valence-electron chi connectivity index (χ4n) is 0.877. The first-order valence-electron chi connectivity index (χ1n) is 3.54. The van der Waals surface area contributed by atoms with E-state index in [1.807, 2.05) is 6.92 Å². The van der Waals surface area contributed by atoms with Gasteiger partial charge >= 0.3 is 66.3 Å². The van der Waals surface area contributed by atoms with Gasteiger partial charge in [-0.25, -0.2) is 0 Å². The Morgan fingerprint density at radius 2 is 1.91 bits per heavy atom. The summed E-state index contributed by atoms with van der Waals surface area (Å²) in [5, 5.41) is 0. The van der Waals surface area contributed by atoms with E-state index < -0.39 is 0 Å². The van der Waals surface area contributed by atoms with Crippen LogP contribution in [0.2, 0.25) is 0 Å². The summed E-state index contributed by atoms with van der Waals surface area (Å²) in [6.45, 7) is 1.97. The minimum absolute atomic E-state index is 0.190. The van der Waals surface area contributed by atoms with Crippen LogP contribution in [0.4, 0.5) is 4.39 Å². The Morgan fingerprint density at radius 1 is 1.36 bits per heavy atom. The van der Waals surface area contributed by atoms with Crippen LogP contribution in [0.25, 0.3) is 0 Å². The molecular weight excluding hydrogens is 138 g/mol. The van der Waals surface area contributed by atoms with Gasteiger partial charge in [-0.3, -0.25) is 0 Å². The number of hydrogen-bond donors (Lipinski definition) is 0. The van der Waals surface area contributed by atoms with Crippen LogP contribution in [0.3, 0.4) is 0 Å². The second-order valence-corrected chi connectivity index (χ2v) is 2.53. The zero-order valence-corrected chi connectivity index (χ0v) is 6.42. The quantitative estimate of drug-likeness (QED) is 0.560. The van der Waals surface area contributed by atoms with Gasteiger partial charge in [0.25, 0.3) is 0 Å². The number of rotatable bonds is 2. The number of halogens is 1. The summed E-state index contributed by atoms with van der Waals surface area (Å²) in [5.41, 5.74) is 1.04. The normalized spacial score (nSPS) is 12.5. The molecule has 1 aromatic carbocycles. The van der Waals surface area contributed by atoms with E-state index in [2.05, 4.69) is 0 Å². The zero-order chi connectivity index (χ0) is 8.27. The molecule has 1 atom stereocenters. The topological polar surface area (TPSA) is 0 Å². The fourth-order valence-corrected chi connectivity index (χ4v) is 0.877. The van der Waals surface area contributed by atoms with E-state index in [0.29, 0.717) is 0 Å². The molecule has 0 saturated heterocycles. The van der Waals surface area contributed by atoms with Crippen LogP contribution in [0, 0.1) is 5.82 Å². The van der Waals surface area contributed by atoms with Gasteiger partial charge in [-0.1, -0.05) is 0 Å². The van der Waals surface area contributed by atoms with Crippen molar-refractivity contribution in [3.63, 3.8) is 0 Å². The summed E-state index contributed by atoms with van der Waals surface area (Å²) in [6, 6.07) is 6.36. The monoisotopic (exact) mass is 147 g/mol. The Labute approximate surface area is 67.1 Å². The van der Waals surface area contributed by atoms with Gasteiger partial charge in [0.05, 0.1) is 0 Å². The van der Waals surface area contributed by atoms with Crippen molar-refractivity contribution in [2.75, 3.05) is 0 Å². The molecule has 0 aromatic heterocycles. The van der Waals surface area contributed by atoms with Crippen LogP contribution in [-0.2, 0) is 0 Å². The number of hydrogen-bond acceptors (Lipinski definition) is 0. The van der Waals surface area contributed by atoms with Crippen molar-refractivity contribution in [3.8, 4) is 0 Å². The molecule has 0 aliphatic heterocycles. The van der Waals surface area contributed by atoms with Crippen LogP contribution >= 0.6 is 0 Å². The van der Waals surface area contributed by atoms with Crippen molar-refractivity contribution in [2.45, 2.75) is 12.8 Å². The second kappa shape index (κ2) is 3.47. The van der Waals surface area contributed by atoms with Crippen LogP contribution in [0.5, 0.6) is 0 Å². The van der Waals surface area contributed by atoms with E-state index in [9.17, 15) is 4.39 Å². The van der Waals surface area contributed by atoms with Crippen molar-refractivity contribution in [2.24, 2.45) is 0 Å². The molecule has 1 rings (SSSR count). The van der Waals surface area contributed by atoms with Gasteiger partial charge in [0.2, 0.25) is 0 Å². The van der Waals surface area contributed by atoms with Crippen molar-refractivity contribution in [1.29, 1.82) is 0 Å². The molecule has 0 spiro atoms. The molecule has 0 fully saturated rings. The van der Waals surface area contributed by atoms with Crippen LogP contribution in [0.15, 0.2) is 24.3 Å². The van der Waals surface area contributed by atoms with Gasteiger partial charge < -0.3 is 0 Å². The van der Waals surface area contributed by atoms with Crippen LogP contribution in [-0.4, -0.2) is 13.5 Å². The average Bonchev–Trinajstić information content (AvgIpc) is 2.05. The molecule has 1 aromatic rings. The molecule has 0 bridgehead atoms. The molecule has 0 amide bonds. The van der Waals surface area contributed by atoms with E-state index in [-0.39, 0.29) is 11.7 Å². The first kappa shape index (κ1) is 8.18. The second-order valence-electron chi connectivity index (χ2n) is 2.53.